The molecule has 0 radical (unpaired) electrons. The zero-order chi connectivity index (χ0) is 24.0. The van der Waals surface area contributed by atoms with Gasteiger partial charge in [-0.1, -0.05) is 111 Å². The second kappa shape index (κ2) is 22.5. The summed E-state index contributed by atoms with van der Waals surface area (Å²) in [5.41, 5.74) is 5.86. The molecule has 7 heteroatoms. The van der Waals surface area contributed by atoms with Crippen LogP contribution in [0.4, 0.5) is 0 Å². The van der Waals surface area contributed by atoms with Gasteiger partial charge >= 0.3 is 5.97 Å². The minimum Gasteiger partial charge on any atom is -0.465 e. The quantitative estimate of drug-likeness (QED) is 0.132. The van der Waals surface area contributed by atoms with Crippen molar-refractivity contribution in [1.82, 2.24) is 0 Å². The van der Waals surface area contributed by atoms with Crippen molar-refractivity contribution in [3.63, 3.8) is 0 Å². The Morgan fingerprint density at radius 1 is 0.806 bits per heavy atom. The highest BCUT2D eigenvalue weighted by Crippen LogP contribution is 2.13. The number of hydrogen-bond donors (Lipinski definition) is 2. The fourth-order valence-corrected chi connectivity index (χ4v) is 3.05. The minimum atomic E-state index is -3.66. The van der Waals surface area contributed by atoms with Crippen LogP contribution in [0.5, 0.6) is 0 Å². The SMILES string of the molecule is CCCCCCCCCCCCCCCCOC(=O)[C@@H](N)[C@@H](C)CC.CCS(=O)(=O)O. The number of rotatable bonds is 19. The van der Waals surface area contributed by atoms with Crippen molar-refractivity contribution < 1.29 is 22.5 Å². The number of ether oxygens (including phenoxy) is 1. The van der Waals surface area contributed by atoms with E-state index in [0.29, 0.717) is 6.61 Å². The van der Waals surface area contributed by atoms with Gasteiger partial charge in [0.2, 0.25) is 0 Å². The minimum absolute atomic E-state index is 0.198. The fraction of sp³-hybridized carbons (Fsp3) is 0.958. The van der Waals surface area contributed by atoms with Crippen molar-refractivity contribution in [2.24, 2.45) is 11.7 Å². The highest BCUT2D eigenvalue weighted by molar-refractivity contribution is 7.85. The maximum atomic E-state index is 11.7. The number of nitrogens with two attached hydrogens (primary N) is 1. The van der Waals surface area contributed by atoms with Crippen LogP contribution in [0.15, 0.2) is 0 Å². The summed E-state index contributed by atoms with van der Waals surface area (Å²) in [6.07, 6.45) is 19.6. The van der Waals surface area contributed by atoms with E-state index in [0.717, 1.165) is 19.3 Å². The highest BCUT2D eigenvalue weighted by atomic mass is 32.2. The molecule has 3 N–H and O–H groups in total. The molecule has 0 aromatic heterocycles. The van der Waals surface area contributed by atoms with Gasteiger partial charge in [-0.15, -0.1) is 0 Å². The fourth-order valence-electron chi connectivity index (χ4n) is 3.05. The summed E-state index contributed by atoms with van der Waals surface area (Å²) < 4.78 is 32.2. The number of hydrogen-bond acceptors (Lipinski definition) is 5. The van der Waals surface area contributed by atoms with Gasteiger partial charge in [-0.05, 0) is 19.3 Å². The smallest absolute Gasteiger partial charge is 0.323 e. The first-order valence-electron chi connectivity index (χ1n) is 12.6. The zero-order valence-corrected chi connectivity index (χ0v) is 21.6. The van der Waals surface area contributed by atoms with E-state index in [4.69, 9.17) is 15.0 Å². The maximum absolute atomic E-state index is 11.7. The maximum Gasteiger partial charge on any atom is 0.323 e. The normalized spacial score (nSPS) is 13.2. The molecular weight excluding hydrogens is 414 g/mol. The van der Waals surface area contributed by atoms with Crippen LogP contribution in [0.1, 0.15) is 124 Å². The topological polar surface area (TPSA) is 107 Å². The summed E-state index contributed by atoms with van der Waals surface area (Å²) in [6, 6.07) is -0.461. The van der Waals surface area contributed by atoms with E-state index in [1.807, 2.05) is 13.8 Å². The summed E-state index contributed by atoms with van der Waals surface area (Å²) in [5.74, 6) is -0.236. The van der Waals surface area contributed by atoms with Gasteiger partial charge in [0.1, 0.15) is 6.04 Å². The summed E-state index contributed by atoms with van der Waals surface area (Å²) in [6.45, 7) is 8.22. The third-order valence-corrected chi connectivity index (χ3v) is 6.37. The van der Waals surface area contributed by atoms with Crippen LogP contribution in [-0.4, -0.2) is 37.3 Å². The van der Waals surface area contributed by atoms with E-state index in [1.54, 1.807) is 0 Å². The van der Waals surface area contributed by atoms with Crippen LogP contribution in [0.2, 0.25) is 0 Å². The summed E-state index contributed by atoms with van der Waals surface area (Å²) in [4.78, 5) is 11.7. The van der Waals surface area contributed by atoms with Crippen molar-refractivity contribution in [3.8, 4) is 0 Å². The van der Waals surface area contributed by atoms with E-state index in [-0.39, 0.29) is 17.6 Å². The van der Waals surface area contributed by atoms with Crippen LogP contribution in [0.3, 0.4) is 0 Å². The molecule has 0 saturated carbocycles. The van der Waals surface area contributed by atoms with Crippen molar-refractivity contribution in [2.75, 3.05) is 12.4 Å². The van der Waals surface area contributed by atoms with Gasteiger partial charge < -0.3 is 10.5 Å². The Kier molecular flexibility index (Phi) is 23.6. The Bertz CT molecular complexity index is 496. The Balaban J connectivity index is 0. The van der Waals surface area contributed by atoms with Gasteiger partial charge in [0, 0.05) is 0 Å². The van der Waals surface area contributed by atoms with Gasteiger partial charge in [-0.25, -0.2) is 0 Å². The lowest BCUT2D eigenvalue weighted by molar-refractivity contribution is -0.146. The van der Waals surface area contributed by atoms with E-state index in [9.17, 15) is 13.2 Å². The Labute approximate surface area is 192 Å². The molecule has 0 saturated heterocycles. The number of unbranched alkanes of at least 4 members (excludes halogenated alkanes) is 13. The molecule has 188 valence electrons. The van der Waals surface area contributed by atoms with Gasteiger partial charge in [0.05, 0.1) is 12.4 Å². The van der Waals surface area contributed by atoms with E-state index in [1.165, 1.54) is 84.0 Å². The second-order valence-corrected chi connectivity index (χ2v) is 10.3. The molecule has 31 heavy (non-hydrogen) atoms. The molecule has 0 aliphatic rings. The summed E-state index contributed by atoms with van der Waals surface area (Å²) in [5, 5.41) is 0. The zero-order valence-electron chi connectivity index (χ0n) is 20.7. The van der Waals surface area contributed by atoms with Crippen LogP contribution < -0.4 is 5.73 Å². The first-order valence-corrected chi connectivity index (χ1v) is 14.2. The molecule has 0 heterocycles. The number of carbonyl (C=O) groups excluding carboxylic acids is 1. The monoisotopic (exact) mass is 465 g/mol. The standard InChI is InChI=1S/C22H45NO2.C2H6O3S/c1-4-6-7-8-9-10-11-12-13-14-15-16-17-18-19-25-22(24)21(23)20(3)5-2;1-2-6(3,4)5/h20-21H,4-19,23H2,1-3H3;2H2,1H3,(H,3,4,5)/t20-,21-;/m0./s1. The van der Waals surface area contributed by atoms with Crippen molar-refractivity contribution in [3.05, 3.63) is 0 Å². The molecule has 6 nitrogen and oxygen atoms in total. The Morgan fingerprint density at radius 3 is 1.48 bits per heavy atom. The molecule has 0 amide bonds. The molecule has 0 spiro atoms. The first kappa shape index (κ1) is 32.5. The predicted molar refractivity (Wildman–Crippen MR) is 131 cm³/mol. The third-order valence-electron chi connectivity index (χ3n) is 5.64. The second-order valence-electron chi connectivity index (χ2n) is 8.55. The van der Waals surface area contributed by atoms with Crippen molar-refractivity contribution in [2.45, 2.75) is 130 Å². The number of carbonyl (C=O) groups is 1. The molecular formula is C24H51NO5S. The molecule has 0 fully saturated rings. The van der Waals surface area contributed by atoms with Crippen LogP contribution in [-0.2, 0) is 19.6 Å². The molecule has 0 rings (SSSR count). The molecule has 0 aliphatic carbocycles. The lowest BCUT2D eigenvalue weighted by atomic mass is 10.0. The lowest BCUT2D eigenvalue weighted by Crippen LogP contribution is -2.38. The molecule has 0 unspecified atom stereocenters. The molecule has 0 bridgehead atoms. The van der Waals surface area contributed by atoms with Crippen LogP contribution >= 0.6 is 0 Å². The predicted octanol–water partition coefficient (Wildman–Crippen LogP) is 6.28. The largest absolute Gasteiger partial charge is 0.465 e. The van der Waals surface area contributed by atoms with E-state index in [2.05, 4.69) is 6.92 Å². The van der Waals surface area contributed by atoms with Gasteiger partial charge in [0.15, 0.2) is 0 Å². The lowest BCUT2D eigenvalue weighted by Gasteiger charge is -2.16. The van der Waals surface area contributed by atoms with Crippen LogP contribution in [0, 0.1) is 5.92 Å². The molecule has 0 aromatic rings. The first-order chi connectivity index (χ1) is 14.7. The van der Waals surface area contributed by atoms with Crippen LogP contribution in [0.25, 0.3) is 0 Å². The van der Waals surface area contributed by atoms with Crippen molar-refractivity contribution in [1.29, 1.82) is 0 Å². The average molecular weight is 466 g/mol. The molecule has 0 aromatic carbocycles. The summed E-state index contributed by atoms with van der Waals surface area (Å²) >= 11 is 0. The van der Waals surface area contributed by atoms with Crippen molar-refractivity contribution >= 4 is 16.1 Å². The number of esters is 1. The van der Waals surface area contributed by atoms with Gasteiger partial charge in [-0.3, -0.25) is 9.35 Å². The molecule has 0 aliphatic heterocycles. The van der Waals surface area contributed by atoms with Gasteiger partial charge in [0.25, 0.3) is 10.1 Å². The molecule has 2 atom stereocenters. The van der Waals surface area contributed by atoms with E-state index >= 15 is 0 Å². The van der Waals surface area contributed by atoms with E-state index < -0.39 is 16.2 Å². The average Bonchev–Trinajstić information content (AvgIpc) is 2.75. The summed E-state index contributed by atoms with van der Waals surface area (Å²) in [7, 11) is -3.66. The Morgan fingerprint density at radius 2 is 1.16 bits per heavy atom. The Hall–Kier alpha value is -0.660. The van der Waals surface area contributed by atoms with Gasteiger partial charge in [-0.2, -0.15) is 8.42 Å². The third kappa shape index (κ3) is 25.5. The highest BCUT2D eigenvalue weighted by Gasteiger charge is 2.20.